The molecular formula is C25H28N6O8S. The third kappa shape index (κ3) is 6.86. The monoisotopic (exact) mass is 572 g/mol. The second kappa shape index (κ2) is 12.8. The van der Waals surface area contributed by atoms with Crippen molar-refractivity contribution in [3.05, 3.63) is 40.4 Å². The molecule has 0 spiro atoms. The minimum absolute atomic E-state index is 0.0652. The summed E-state index contributed by atoms with van der Waals surface area (Å²) in [7, 11) is 4.40. The van der Waals surface area contributed by atoms with Gasteiger partial charge in [-0.1, -0.05) is 0 Å². The number of hydrogen-bond donors (Lipinski definition) is 1. The van der Waals surface area contributed by atoms with Gasteiger partial charge in [0.15, 0.2) is 11.3 Å². The summed E-state index contributed by atoms with van der Waals surface area (Å²) in [6.07, 6.45) is 0.431. The summed E-state index contributed by atoms with van der Waals surface area (Å²) in [5.74, 6) is -0.273. The second-order valence-corrected chi connectivity index (χ2v) is 9.50. The molecule has 0 aliphatic carbocycles. The Bertz CT molecular complexity index is 1440. The lowest BCUT2D eigenvalue weighted by Gasteiger charge is -2.27. The lowest BCUT2D eigenvalue weighted by Crippen LogP contribution is -2.29. The van der Waals surface area contributed by atoms with Crippen LogP contribution in [0.4, 0.5) is 27.8 Å². The van der Waals surface area contributed by atoms with E-state index >= 15 is 0 Å². The Hall–Kier alpha value is -4.21. The molecule has 212 valence electrons. The van der Waals surface area contributed by atoms with Gasteiger partial charge < -0.3 is 29.2 Å². The summed E-state index contributed by atoms with van der Waals surface area (Å²) >= 11 is 1.04. The standard InChI is InChI=1S/C25H28N6O8S/c1-14(32)26-18-12-20(30(10-8-23(33)37-3)9-7-21-25(38-4)39-21)22(36-2)13-19(18)27-28-24-16-11-15(31(34)35)5-6-17(16)29-40-24/h5-6,11-13,21,25H,7-10H2,1-4H3,(H,26,32). The molecule has 15 heteroatoms. The van der Waals surface area contributed by atoms with Gasteiger partial charge >= 0.3 is 5.97 Å². The lowest BCUT2D eigenvalue weighted by atomic mass is 10.1. The van der Waals surface area contributed by atoms with Gasteiger partial charge in [0.25, 0.3) is 5.69 Å². The van der Waals surface area contributed by atoms with Crippen molar-refractivity contribution < 1.29 is 33.5 Å². The number of non-ortho nitro benzene ring substituents is 1. The molecule has 4 rings (SSSR count). The van der Waals surface area contributed by atoms with Crippen LogP contribution in [0.25, 0.3) is 10.9 Å². The number of carbonyl (C=O) groups is 2. The van der Waals surface area contributed by atoms with Crippen molar-refractivity contribution in [1.29, 1.82) is 0 Å². The number of nitrogens with zero attached hydrogens (tertiary/aromatic N) is 5. The van der Waals surface area contributed by atoms with E-state index in [1.807, 2.05) is 4.90 Å². The first kappa shape index (κ1) is 28.8. The van der Waals surface area contributed by atoms with Gasteiger partial charge in [0, 0.05) is 50.7 Å². The second-order valence-electron chi connectivity index (χ2n) is 8.75. The molecular weight excluding hydrogens is 544 g/mol. The van der Waals surface area contributed by atoms with Crippen LogP contribution in [0.15, 0.2) is 40.6 Å². The van der Waals surface area contributed by atoms with Gasteiger partial charge in [-0.3, -0.25) is 19.7 Å². The number of nitrogens with one attached hydrogen (secondary N) is 1. The molecule has 1 saturated heterocycles. The third-order valence-electron chi connectivity index (χ3n) is 6.11. The highest BCUT2D eigenvalue weighted by Gasteiger charge is 2.39. The largest absolute Gasteiger partial charge is 0.494 e. The van der Waals surface area contributed by atoms with Crippen LogP contribution < -0.4 is 15.0 Å². The molecule has 2 aromatic carbocycles. The van der Waals surface area contributed by atoms with Crippen LogP contribution in [0.2, 0.25) is 0 Å². The van der Waals surface area contributed by atoms with E-state index < -0.39 is 4.92 Å². The zero-order valence-electron chi connectivity index (χ0n) is 22.3. The summed E-state index contributed by atoms with van der Waals surface area (Å²) < 4.78 is 25.4. The van der Waals surface area contributed by atoms with Gasteiger partial charge in [-0.05, 0) is 30.1 Å². The molecule has 40 heavy (non-hydrogen) atoms. The number of azo groups is 1. The molecule has 1 aliphatic heterocycles. The third-order valence-corrected chi connectivity index (χ3v) is 6.88. The van der Waals surface area contributed by atoms with Crippen molar-refractivity contribution in [3.8, 4) is 5.75 Å². The SMILES string of the molecule is COC(=O)CCN(CCC1OC1OC)c1cc(NC(C)=O)c(N=Nc2snc3ccc([N+](=O)[O-])cc23)cc1OC. The van der Waals surface area contributed by atoms with Crippen LogP contribution in [0, 0.1) is 10.1 Å². The van der Waals surface area contributed by atoms with Gasteiger partial charge in [-0.25, -0.2) is 0 Å². The Morgan fingerprint density at radius 3 is 2.65 bits per heavy atom. The van der Waals surface area contributed by atoms with Crippen LogP contribution in [0.1, 0.15) is 19.8 Å². The fourth-order valence-corrected chi connectivity index (χ4v) is 4.73. The molecule has 2 heterocycles. The first-order valence-electron chi connectivity index (χ1n) is 12.2. The average Bonchev–Trinajstić information content (AvgIpc) is 3.60. The fourth-order valence-electron chi connectivity index (χ4n) is 4.04. The van der Waals surface area contributed by atoms with Gasteiger partial charge in [0.05, 0.1) is 42.5 Å². The number of carbonyl (C=O) groups excluding carboxylic acids is 2. The Morgan fingerprint density at radius 2 is 2.00 bits per heavy atom. The maximum Gasteiger partial charge on any atom is 0.307 e. The van der Waals surface area contributed by atoms with Crippen molar-refractivity contribution in [3.63, 3.8) is 0 Å². The maximum atomic E-state index is 12.1. The van der Waals surface area contributed by atoms with E-state index in [1.165, 1.54) is 33.3 Å². The van der Waals surface area contributed by atoms with E-state index in [0.29, 0.717) is 58.2 Å². The predicted molar refractivity (Wildman–Crippen MR) is 147 cm³/mol. The molecule has 1 aliphatic rings. The summed E-state index contributed by atoms with van der Waals surface area (Å²) in [5, 5.41) is 23.5. The summed E-state index contributed by atoms with van der Waals surface area (Å²) in [6, 6.07) is 7.63. The fraction of sp³-hybridized carbons (Fsp3) is 0.400. The summed E-state index contributed by atoms with van der Waals surface area (Å²) in [5.41, 5.74) is 1.72. The van der Waals surface area contributed by atoms with Crippen LogP contribution in [0.5, 0.6) is 5.75 Å². The lowest BCUT2D eigenvalue weighted by molar-refractivity contribution is -0.384. The Morgan fingerprint density at radius 1 is 1.20 bits per heavy atom. The van der Waals surface area contributed by atoms with Crippen molar-refractivity contribution in [2.75, 3.05) is 44.6 Å². The Balaban J connectivity index is 1.69. The first-order valence-corrected chi connectivity index (χ1v) is 13.0. The van der Waals surface area contributed by atoms with Crippen LogP contribution in [0.3, 0.4) is 0 Å². The van der Waals surface area contributed by atoms with Crippen molar-refractivity contribution in [2.45, 2.75) is 32.2 Å². The van der Waals surface area contributed by atoms with E-state index in [-0.39, 0.29) is 36.4 Å². The number of methoxy groups -OCH3 is 3. The normalized spacial score (nSPS) is 16.2. The molecule has 2 atom stereocenters. The van der Waals surface area contributed by atoms with Gasteiger partial charge in [0.1, 0.15) is 17.5 Å². The summed E-state index contributed by atoms with van der Waals surface area (Å²) in [4.78, 5) is 36.6. The Kier molecular flexibility index (Phi) is 9.19. The van der Waals surface area contributed by atoms with E-state index in [0.717, 1.165) is 11.5 Å². The van der Waals surface area contributed by atoms with Gasteiger partial charge in [-0.15, -0.1) is 10.2 Å². The minimum Gasteiger partial charge on any atom is -0.494 e. The molecule has 1 aromatic heterocycles. The Labute approximate surface area is 233 Å². The van der Waals surface area contributed by atoms with Crippen molar-refractivity contribution >= 4 is 62.1 Å². The van der Waals surface area contributed by atoms with E-state index in [4.69, 9.17) is 18.9 Å². The number of rotatable bonds is 13. The first-order chi connectivity index (χ1) is 19.2. The van der Waals surface area contributed by atoms with Gasteiger partial charge in [0.2, 0.25) is 5.91 Å². The van der Waals surface area contributed by atoms with E-state index in [1.54, 1.807) is 25.3 Å². The molecule has 0 radical (unpaired) electrons. The van der Waals surface area contributed by atoms with Crippen LogP contribution >= 0.6 is 11.5 Å². The highest BCUT2D eigenvalue weighted by atomic mass is 32.1. The van der Waals surface area contributed by atoms with Crippen LogP contribution in [-0.2, 0) is 23.8 Å². The number of epoxide rings is 1. The molecule has 2 unspecified atom stereocenters. The predicted octanol–water partition coefficient (Wildman–Crippen LogP) is 4.72. The number of ether oxygens (including phenoxy) is 4. The molecule has 0 bridgehead atoms. The topological polar surface area (TPSA) is 170 Å². The smallest absolute Gasteiger partial charge is 0.307 e. The number of fused-ring (bicyclic) bond motifs is 1. The zero-order chi connectivity index (χ0) is 28.8. The van der Waals surface area contributed by atoms with E-state index in [2.05, 4.69) is 19.9 Å². The van der Waals surface area contributed by atoms with Crippen molar-refractivity contribution in [2.24, 2.45) is 10.2 Å². The number of amides is 1. The van der Waals surface area contributed by atoms with Gasteiger partial charge in [-0.2, -0.15) is 4.37 Å². The number of hydrogen-bond acceptors (Lipinski definition) is 13. The zero-order valence-corrected chi connectivity index (χ0v) is 23.1. The average molecular weight is 573 g/mol. The quantitative estimate of drug-likeness (QED) is 0.0993. The molecule has 1 amide bonds. The number of anilines is 2. The minimum atomic E-state index is -0.493. The highest BCUT2D eigenvalue weighted by Crippen LogP contribution is 2.41. The number of esters is 1. The number of aromatic nitrogens is 1. The maximum absolute atomic E-state index is 12.1. The number of nitro groups is 1. The number of benzene rings is 2. The molecule has 1 fully saturated rings. The summed E-state index contributed by atoms with van der Waals surface area (Å²) in [6.45, 7) is 2.19. The molecule has 0 saturated carbocycles. The van der Waals surface area contributed by atoms with Crippen molar-refractivity contribution in [1.82, 2.24) is 4.37 Å². The van der Waals surface area contributed by atoms with E-state index in [9.17, 15) is 19.7 Å². The van der Waals surface area contributed by atoms with Crippen LogP contribution in [-0.4, -0.2) is 68.0 Å². The highest BCUT2D eigenvalue weighted by molar-refractivity contribution is 7.11. The molecule has 14 nitrogen and oxygen atoms in total. The molecule has 1 N–H and O–H groups in total. The molecule has 3 aromatic rings. The number of nitro benzene ring substituents is 1.